The van der Waals surface area contributed by atoms with Crippen LogP contribution in [0, 0.1) is 5.82 Å². The van der Waals surface area contributed by atoms with Crippen LogP contribution in [0.4, 0.5) is 4.39 Å². The first kappa shape index (κ1) is 12.5. The van der Waals surface area contributed by atoms with Crippen LogP contribution in [0.5, 0.6) is 11.5 Å². The van der Waals surface area contributed by atoms with Gasteiger partial charge in [0.25, 0.3) is 0 Å². The Labute approximate surface area is 105 Å². The lowest BCUT2D eigenvalue weighted by Crippen LogP contribution is -2.11. The minimum absolute atomic E-state index is 0.179. The highest BCUT2D eigenvalue weighted by molar-refractivity contribution is 5.33. The minimum Gasteiger partial charge on any atom is -0.457 e. The summed E-state index contributed by atoms with van der Waals surface area (Å²) in [6.45, 7) is 0.179. The molecule has 0 aliphatic carbocycles. The Kier molecular flexibility index (Phi) is 3.92. The molecular weight excluding hydrogens is 233 g/mol. The molecule has 0 bridgehead atoms. The molecule has 1 atom stereocenters. The second-order valence-corrected chi connectivity index (χ2v) is 3.88. The molecule has 0 aliphatic heterocycles. The second-order valence-electron chi connectivity index (χ2n) is 3.88. The fourth-order valence-electron chi connectivity index (χ4n) is 1.53. The van der Waals surface area contributed by atoms with Crippen molar-refractivity contribution in [3.63, 3.8) is 0 Å². The van der Waals surface area contributed by atoms with Crippen LogP contribution in [0.3, 0.4) is 0 Å². The maximum absolute atomic E-state index is 12.7. The Bertz CT molecular complexity index is 496. The number of aliphatic hydroxyl groups is 1. The molecule has 0 amide bonds. The SMILES string of the molecule is NCC(O)c1ccc(Oc2ccc(F)cc2)cc1. The molecule has 1 unspecified atom stereocenters. The number of hydrogen-bond donors (Lipinski definition) is 2. The molecule has 18 heavy (non-hydrogen) atoms. The van der Waals surface area contributed by atoms with E-state index in [0.717, 1.165) is 5.56 Å². The van der Waals surface area contributed by atoms with Crippen LogP contribution in [-0.2, 0) is 0 Å². The van der Waals surface area contributed by atoms with E-state index < -0.39 is 6.10 Å². The van der Waals surface area contributed by atoms with Gasteiger partial charge in [0, 0.05) is 6.54 Å². The van der Waals surface area contributed by atoms with E-state index in [1.165, 1.54) is 12.1 Å². The van der Waals surface area contributed by atoms with Gasteiger partial charge in [-0.25, -0.2) is 4.39 Å². The van der Waals surface area contributed by atoms with E-state index in [-0.39, 0.29) is 12.4 Å². The number of benzene rings is 2. The highest BCUT2D eigenvalue weighted by atomic mass is 19.1. The van der Waals surface area contributed by atoms with Crippen molar-refractivity contribution in [1.82, 2.24) is 0 Å². The molecule has 3 N–H and O–H groups in total. The molecule has 0 saturated heterocycles. The zero-order valence-corrected chi connectivity index (χ0v) is 9.71. The van der Waals surface area contributed by atoms with Gasteiger partial charge in [0.05, 0.1) is 6.10 Å². The molecule has 0 spiro atoms. The van der Waals surface area contributed by atoms with Gasteiger partial charge in [-0.2, -0.15) is 0 Å². The Balaban J connectivity index is 2.08. The van der Waals surface area contributed by atoms with E-state index in [1.807, 2.05) is 0 Å². The molecule has 0 saturated carbocycles. The zero-order chi connectivity index (χ0) is 13.0. The Morgan fingerprint density at radius 3 is 2.00 bits per heavy atom. The van der Waals surface area contributed by atoms with Crippen molar-refractivity contribution in [3.05, 3.63) is 59.9 Å². The standard InChI is InChI=1S/C14H14FNO2/c15-11-3-7-13(8-4-11)18-12-5-1-10(2-6-12)14(17)9-16/h1-8,14,17H,9,16H2. The quantitative estimate of drug-likeness (QED) is 0.873. The van der Waals surface area contributed by atoms with Crippen molar-refractivity contribution in [3.8, 4) is 11.5 Å². The van der Waals surface area contributed by atoms with Gasteiger partial charge in [-0.3, -0.25) is 0 Å². The number of nitrogens with two attached hydrogens (primary N) is 1. The van der Waals surface area contributed by atoms with Crippen LogP contribution < -0.4 is 10.5 Å². The van der Waals surface area contributed by atoms with Gasteiger partial charge in [-0.05, 0) is 42.0 Å². The van der Waals surface area contributed by atoms with E-state index in [4.69, 9.17) is 10.5 Å². The fourth-order valence-corrected chi connectivity index (χ4v) is 1.53. The average molecular weight is 247 g/mol. The van der Waals surface area contributed by atoms with Crippen LogP contribution in [0.2, 0.25) is 0 Å². The highest BCUT2D eigenvalue weighted by Crippen LogP contribution is 2.23. The molecule has 0 aliphatic rings. The number of halogens is 1. The molecule has 0 heterocycles. The average Bonchev–Trinajstić information content (AvgIpc) is 2.41. The first-order valence-corrected chi connectivity index (χ1v) is 5.60. The Morgan fingerprint density at radius 2 is 1.50 bits per heavy atom. The van der Waals surface area contributed by atoms with Crippen molar-refractivity contribution in [2.45, 2.75) is 6.10 Å². The molecule has 94 valence electrons. The van der Waals surface area contributed by atoms with Gasteiger partial charge >= 0.3 is 0 Å². The monoisotopic (exact) mass is 247 g/mol. The molecular formula is C14H14FNO2. The normalized spacial score (nSPS) is 12.2. The maximum Gasteiger partial charge on any atom is 0.127 e. The fraction of sp³-hybridized carbons (Fsp3) is 0.143. The molecule has 3 nitrogen and oxygen atoms in total. The minimum atomic E-state index is -0.662. The molecule has 0 aromatic heterocycles. The number of aliphatic hydroxyl groups excluding tert-OH is 1. The summed E-state index contributed by atoms with van der Waals surface area (Å²) in [6, 6.07) is 12.7. The topological polar surface area (TPSA) is 55.5 Å². The van der Waals surface area contributed by atoms with Crippen molar-refractivity contribution in [2.75, 3.05) is 6.54 Å². The summed E-state index contributed by atoms with van der Waals surface area (Å²) in [5, 5.41) is 9.53. The first-order valence-electron chi connectivity index (χ1n) is 5.60. The van der Waals surface area contributed by atoms with Crippen molar-refractivity contribution in [1.29, 1.82) is 0 Å². The van der Waals surface area contributed by atoms with E-state index >= 15 is 0 Å². The van der Waals surface area contributed by atoms with Gasteiger partial charge < -0.3 is 15.6 Å². The van der Waals surface area contributed by atoms with E-state index in [1.54, 1.807) is 36.4 Å². The first-order chi connectivity index (χ1) is 8.69. The zero-order valence-electron chi connectivity index (χ0n) is 9.71. The predicted molar refractivity (Wildman–Crippen MR) is 66.9 cm³/mol. The highest BCUT2D eigenvalue weighted by Gasteiger charge is 2.05. The summed E-state index contributed by atoms with van der Waals surface area (Å²) in [4.78, 5) is 0. The van der Waals surface area contributed by atoms with Crippen LogP contribution in [0.15, 0.2) is 48.5 Å². The third-order valence-electron chi connectivity index (χ3n) is 2.54. The molecule has 2 rings (SSSR count). The van der Waals surface area contributed by atoms with Crippen molar-refractivity contribution < 1.29 is 14.2 Å². The molecule has 0 fully saturated rings. The molecule has 0 radical (unpaired) electrons. The third kappa shape index (κ3) is 3.06. The molecule has 2 aromatic rings. The van der Waals surface area contributed by atoms with Gasteiger partial charge in [-0.1, -0.05) is 12.1 Å². The Morgan fingerprint density at radius 1 is 1.00 bits per heavy atom. The van der Waals surface area contributed by atoms with Crippen molar-refractivity contribution in [2.24, 2.45) is 5.73 Å². The lowest BCUT2D eigenvalue weighted by Gasteiger charge is -2.09. The smallest absolute Gasteiger partial charge is 0.127 e. The lowest BCUT2D eigenvalue weighted by atomic mass is 10.1. The van der Waals surface area contributed by atoms with Crippen LogP contribution in [-0.4, -0.2) is 11.7 Å². The van der Waals surface area contributed by atoms with E-state index in [9.17, 15) is 9.50 Å². The van der Waals surface area contributed by atoms with Crippen LogP contribution in [0.25, 0.3) is 0 Å². The summed E-state index contributed by atoms with van der Waals surface area (Å²) in [5.41, 5.74) is 6.10. The van der Waals surface area contributed by atoms with E-state index in [0.29, 0.717) is 11.5 Å². The summed E-state index contributed by atoms with van der Waals surface area (Å²) >= 11 is 0. The third-order valence-corrected chi connectivity index (χ3v) is 2.54. The van der Waals surface area contributed by atoms with Crippen LogP contribution in [0.1, 0.15) is 11.7 Å². The largest absolute Gasteiger partial charge is 0.457 e. The summed E-state index contributed by atoms with van der Waals surface area (Å²) in [6.07, 6.45) is -0.662. The summed E-state index contributed by atoms with van der Waals surface area (Å²) < 4.78 is 18.2. The van der Waals surface area contributed by atoms with Gasteiger partial charge in [0.15, 0.2) is 0 Å². The molecule has 2 aromatic carbocycles. The number of ether oxygens (including phenoxy) is 1. The number of hydrogen-bond acceptors (Lipinski definition) is 3. The number of rotatable bonds is 4. The van der Waals surface area contributed by atoms with E-state index in [2.05, 4.69) is 0 Å². The second kappa shape index (κ2) is 5.62. The maximum atomic E-state index is 12.7. The molecule has 4 heteroatoms. The van der Waals surface area contributed by atoms with Gasteiger partial charge in [0.2, 0.25) is 0 Å². The predicted octanol–water partition coefficient (Wildman–Crippen LogP) is 2.61. The summed E-state index contributed by atoms with van der Waals surface area (Å²) in [7, 11) is 0. The summed E-state index contributed by atoms with van der Waals surface area (Å²) in [5.74, 6) is 0.877. The van der Waals surface area contributed by atoms with Gasteiger partial charge in [0.1, 0.15) is 17.3 Å². The van der Waals surface area contributed by atoms with Crippen LogP contribution >= 0.6 is 0 Å². The van der Waals surface area contributed by atoms with Crippen molar-refractivity contribution >= 4 is 0 Å². The Hall–Kier alpha value is -1.91. The van der Waals surface area contributed by atoms with Gasteiger partial charge in [-0.15, -0.1) is 0 Å². The lowest BCUT2D eigenvalue weighted by molar-refractivity contribution is 0.186.